The summed E-state index contributed by atoms with van der Waals surface area (Å²) in [6, 6.07) is 1.33. The van der Waals surface area contributed by atoms with Gasteiger partial charge >= 0.3 is 0 Å². The second kappa shape index (κ2) is 6.49. The van der Waals surface area contributed by atoms with E-state index in [0.717, 1.165) is 12.5 Å². The van der Waals surface area contributed by atoms with E-state index in [-0.39, 0.29) is 0 Å². The van der Waals surface area contributed by atoms with E-state index in [9.17, 15) is 0 Å². The Hall–Kier alpha value is -0.0800. The SMILES string of the molecule is CCCNC(CC)C(C)N(C)CC1CC1. The van der Waals surface area contributed by atoms with E-state index in [0.29, 0.717) is 12.1 Å². The summed E-state index contributed by atoms with van der Waals surface area (Å²) in [5.74, 6) is 1.00. The van der Waals surface area contributed by atoms with Gasteiger partial charge in [-0.1, -0.05) is 13.8 Å². The summed E-state index contributed by atoms with van der Waals surface area (Å²) in [4.78, 5) is 2.54. The van der Waals surface area contributed by atoms with E-state index < -0.39 is 0 Å². The molecule has 0 spiro atoms. The van der Waals surface area contributed by atoms with Crippen LogP contribution in [0.1, 0.15) is 46.5 Å². The summed E-state index contributed by atoms with van der Waals surface area (Å²) in [6.07, 6.45) is 5.37. The van der Waals surface area contributed by atoms with Gasteiger partial charge in [0.25, 0.3) is 0 Å². The lowest BCUT2D eigenvalue weighted by molar-refractivity contribution is 0.196. The Bertz CT molecular complexity index is 166. The van der Waals surface area contributed by atoms with Gasteiger partial charge < -0.3 is 10.2 Å². The topological polar surface area (TPSA) is 15.3 Å². The molecule has 0 saturated heterocycles. The van der Waals surface area contributed by atoms with Gasteiger partial charge in [-0.25, -0.2) is 0 Å². The van der Waals surface area contributed by atoms with Crippen LogP contribution in [0.25, 0.3) is 0 Å². The molecule has 1 rings (SSSR count). The summed E-state index contributed by atoms with van der Waals surface area (Å²) in [6.45, 7) is 9.33. The van der Waals surface area contributed by atoms with Crippen molar-refractivity contribution in [1.82, 2.24) is 10.2 Å². The van der Waals surface area contributed by atoms with Crippen molar-refractivity contribution >= 4 is 0 Å². The first kappa shape index (κ1) is 13.0. The van der Waals surface area contributed by atoms with Crippen molar-refractivity contribution in [2.45, 2.75) is 58.5 Å². The molecule has 1 N–H and O–H groups in total. The molecule has 1 saturated carbocycles. The van der Waals surface area contributed by atoms with Gasteiger partial charge in [0.05, 0.1) is 0 Å². The Labute approximate surface area is 95.4 Å². The predicted molar refractivity (Wildman–Crippen MR) is 67.2 cm³/mol. The van der Waals surface area contributed by atoms with Crippen LogP contribution >= 0.6 is 0 Å². The largest absolute Gasteiger partial charge is 0.312 e. The third kappa shape index (κ3) is 4.52. The fourth-order valence-electron chi connectivity index (χ4n) is 2.17. The number of nitrogens with one attached hydrogen (secondary N) is 1. The van der Waals surface area contributed by atoms with E-state index in [1.54, 1.807) is 0 Å². The summed E-state index contributed by atoms with van der Waals surface area (Å²) in [5.41, 5.74) is 0. The van der Waals surface area contributed by atoms with Crippen molar-refractivity contribution in [2.75, 3.05) is 20.1 Å². The Morgan fingerprint density at radius 1 is 1.33 bits per heavy atom. The Balaban J connectivity index is 2.28. The highest BCUT2D eigenvalue weighted by Gasteiger charge is 2.26. The fraction of sp³-hybridized carbons (Fsp3) is 1.00. The van der Waals surface area contributed by atoms with Gasteiger partial charge in [-0.05, 0) is 52.1 Å². The first-order chi connectivity index (χ1) is 7.19. The molecule has 2 atom stereocenters. The number of likely N-dealkylation sites (N-methyl/N-ethyl adjacent to an activating group) is 1. The van der Waals surface area contributed by atoms with E-state index >= 15 is 0 Å². The minimum absolute atomic E-state index is 0.661. The molecule has 1 aliphatic carbocycles. The van der Waals surface area contributed by atoms with Gasteiger partial charge in [-0.2, -0.15) is 0 Å². The first-order valence-electron chi connectivity index (χ1n) is 6.62. The van der Waals surface area contributed by atoms with Crippen molar-refractivity contribution in [3.63, 3.8) is 0 Å². The summed E-state index contributed by atoms with van der Waals surface area (Å²) >= 11 is 0. The van der Waals surface area contributed by atoms with Crippen LogP contribution in [-0.2, 0) is 0 Å². The van der Waals surface area contributed by atoms with E-state index in [1.165, 1.54) is 32.2 Å². The molecule has 15 heavy (non-hydrogen) atoms. The number of hydrogen-bond acceptors (Lipinski definition) is 2. The van der Waals surface area contributed by atoms with Crippen LogP contribution in [0, 0.1) is 5.92 Å². The molecule has 0 radical (unpaired) electrons. The Kier molecular flexibility index (Phi) is 5.62. The molecular weight excluding hydrogens is 184 g/mol. The van der Waals surface area contributed by atoms with Gasteiger partial charge in [0.2, 0.25) is 0 Å². The van der Waals surface area contributed by atoms with Gasteiger partial charge in [-0.3, -0.25) is 0 Å². The van der Waals surface area contributed by atoms with Gasteiger partial charge in [0, 0.05) is 18.6 Å². The number of rotatable bonds is 8. The summed E-state index contributed by atoms with van der Waals surface area (Å²) in [5, 5.41) is 3.65. The maximum Gasteiger partial charge on any atom is 0.0218 e. The van der Waals surface area contributed by atoms with Crippen molar-refractivity contribution in [3.8, 4) is 0 Å². The highest BCUT2D eigenvalue weighted by Crippen LogP contribution is 2.30. The number of nitrogens with zero attached hydrogens (tertiary/aromatic N) is 1. The van der Waals surface area contributed by atoms with Crippen LogP contribution in [0.15, 0.2) is 0 Å². The zero-order valence-electron chi connectivity index (χ0n) is 10.9. The van der Waals surface area contributed by atoms with Gasteiger partial charge in [0.1, 0.15) is 0 Å². The van der Waals surface area contributed by atoms with Crippen LogP contribution in [0.2, 0.25) is 0 Å². The second-order valence-corrected chi connectivity index (χ2v) is 5.09. The molecule has 1 fully saturated rings. The van der Waals surface area contributed by atoms with Crippen LogP contribution in [0.5, 0.6) is 0 Å². The highest BCUT2D eigenvalue weighted by atomic mass is 15.2. The molecule has 2 nitrogen and oxygen atoms in total. The zero-order valence-corrected chi connectivity index (χ0v) is 10.9. The number of hydrogen-bond donors (Lipinski definition) is 1. The van der Waals surface area contributed by atoms with Crippen molar-refractivity contribution in [1.29, 1.82) is 0 Å². The van der Waals surface area contributed by atoms with Crippen LogP contribution in [-0.4, -0.2) is 37.1 Å². The third-order valence-corrected chi connectivity index (χ3v) is 3.62. The molecule has 90 valence electrons. The third-order valence-electron chi connectivity index (χ3n) is 3.62. The molecular formula is C13H28N2. The maximum absolute atomic E-state index is 3.65. The molecule has 0 heterocycles. The maximum atomic E-state index is 3.65. The Morgan fingerprint density at radius 3 is 2.47 bits per heavy atom. The molecule has 0 aromatic rings. The molecule has 0 bridgehead atoms. The normalized spacial score (nSPS) is 20.6. The average molecular weight is 212 g/mol. The summed E-state index contributed by atoms with van der Waals surface area (Å²) < 4.78 is 0. The van der Waals surface area contributed by atoms with Crippen LogP contribution in [0.4, 0.5) is 0 Å². The summed E-state index contributed by atoms with van der Waals surface area (Å²) in [7, 11) is 2.28. The predicted octanol–water partition coefficient (Wildman–Crippen LogP) is 2.49. The standard InChI is InChI=1S/C13H28N2/c1-5-9-14-13(6-2)11(3)15(4)10-12-7-8-12/h11-14H,5-10H2,1-4H3. The lowest BCUT2D eigenvalue weighted by Gasteiger charge is -2.32. The average Bonchev–Trinajstić information content (AvgIpc) is 3.02. The minimum Gasteiger partial charge on any atom is -0.312 e. The van der Waals surface area contributed by atoms with Crippen molar-refractivity contribution < 1.29 is 0 Å². The van der Waals surface area contributed by atoms with E-state index in [4.69, 9.17) is 0 Å². The molecule has 0 aromatic heterocycles. The van der Waals surface area contributed by atoms with Crippen molar-refractivity contribution in [3.05, 3.63) is 0 Å². The first-order valence-corrected chi connectivity index (χ1v) is 6.62. The quantitative estimate of drug-likeness (QED) is 0.665. The molecule has 0 aliphatic heterocycles. The fourth-order valence-corrected chi connectivity index (χ4v) is 2.17. The van der Waals surface area contributed by atoms with Gasteiger partial charge in [0.15, 0.2) is 0 Å². The molecule has 2 heteroatoms. The smallest absolute Gasteiger partial charge is 0.0218 e. The molecule has 2 unspecified atom stereocenters. The minimum atomic E-state index is 0.661. The Morgan fingerprint density at radius 2 is 2.00 bits per heavy atom. The van der Waals surface area contributed by atoms with E-state index in [1.807, 2.05) is 0 Å². The van der Waals surface area contributed by atoms with E-state index in [2.05, 4.69) is 38.0 Å². The highest BCUT2D eigenvalue weighted by molar-refractivity contribution is 4.83. The van der Waals surface area contributed by atoms with Crippen LogP contribution < -0.4 is 5.32 Å². The zero-order chi connectivity index (χ0) is 11.3. The lowest BCUT2D eigenvalue weighted by atomic mass is 10.1. The monoisotopic (exact) mass is 212 g/mol. The molecule has 0 amide bonds. The second-order valence-electron chi connectivity index (χ2n) is 5.09. The molecule has 0 aromatic carbocycles. The lowest BCUT2D eigenvalue weighted by Crippen LogP contribution is -2.47. The van der Waals surface area contributed by atoms with Crippen LogP contribution in [0.3, 0.4) is 0 Å². The van der Waals surface area contributed by atoms with Gasteiger partial charge in [-0.15, -0.1) is 0 Å². The molecule has 1 aliphatic rings. The van der Waals surface area contributed by atoms with Crippen molar-refractivity contribution in [2.24, 2.45) is 5.92 Å².